The van der Waals surface area contributed by atoms with Crippen molar-refractivity contribution in [3.05, 3.63) is 66.4 Å². The van der Waals surface area contributed by atoms with Gasteiger partial charge in [0, 0.05) is 23.2 Å². The molecule has 0 aliphatic rings. The molecule has 2 amide bonds. The van der Waals surface area contributed by atoms with Gasteiger partial charge in [0.25, 0.3) is 5.91 Å². The van der Waals surface area contributed by atoms with E-state index in [1.54, 1.807) is 30.3 Å². The Labute approximate surface area is 152 Å². The lowest BCUT2D eigenvalue weighted by Crippen LogP contribution is -2.15. The average molecular weight is 347 g/mol. The standard InChI is InChI=1S/C21H21N3O2/c1-14(2)13-20(25)22-16-8-10-17(11-9-16)23-21(26)19-12-7-15-5-3-4-6-18(15)24-19/h3-12,14H,13H2,1-2H3,(H,22,25)(H,23,26). The number of nitrogens with one attached hydrogen (secondary N) is 2. The van der Waals surface area contributed by atoms with Gasteiger partial charge < -0.3 is 10.6 Å². The minimum Gasteiger partial charge on any atom is -0.326 e. The Bertz CT molecular complexity index is 933. The summed E-state index contributed by atoms with van der Waals surface area (Å²) in [5, 5.41) is 6.65. The molecular formula is C21H21N3O2. The van der Waals surface area contributed by atoms with Crippen molar-refractivity contribution in [2.75, 3.05) is 10.6 Å². The molecule has 5 heteroatoms. The van der Waals surface area contributed by atoms with E-state index in [2.05, 4.69) is 15.6 Å². The van der Waals surface area contributed by atoms with Gasteiger partial charge in [0.1, 0.15) is 5.69 Å². The lowest BCUT2D eigenvalue weighted by Gasteiger charge is -2.09. The molecule has 0 radical (unpaired) electrons. The highest BCUT2D eigenvalue weighted by Crippen LogP contribution is 2.16. The Morgan fingerprint density at radius 2 is 1.54 bits per heavy atom. The second-order valence-corrected chi connectivity index (χ2v) is 6.57. The number of benzene rings is 2. The molecule has 3 rings (SSSR count). The fraction of sp³-hybridized carbons (Fsp3) is 0.190. The Kier molecular flexibility index (Phi) is 5.27. The summed E-state index contributed by atoms with van der Waals surface area (Å²) in [6.45, 7) is 4.00. The number of anilines is 2. The van der Waals surface area contributed by atoms with Crippen LogP contribution < -0.4 is 10.6 Å². The van der Waals surface area contributed by atoms with Gasteiger partial charge in [-0.2, -0.15) is 0 Å². The fourth-order valence-electron chi connectivity index (χ4n) is 2.61. The van der Waals surface area contributed by atoms with Crippen molar-refractivity contribution in [3.63, 3.8) is 0 Å². The third-order valence-electron chi connectivity index (χ3n) is 3.85. The summed E-state index contributed by atoms with van der Waals surface area (Å²) in [5.41, 5.74) is 2.49. The van der Waals surface area contributed by atoms with Gasteiger partial charge in [-0.1, -0.05) is 38.1 Å². The first-order valence-electron chi connectivity index (χ1n) is 8.58. The predicted molar refractivity (Wildman–Crippen MR) is 104 cm³/mol. The van der Waals surface area contributed by atoms with Crippen LogP contribution in [0.15, 0.2) is 60.7 Å². The normalized spacial score (nSPS) is 10.7. The number of aromatic nitrogens is 1. The van der Waals surface area contributed by atoms with Crippen LogP contribution >= 0.6 is 0 Å². The lowest BCUT2D eigenvalue weighted by molar-refractivity contribution is -0.116. The summed E-state index contributed by atoms with van der Waals surface area (Å²) in [6.07, 6.45) is 0.478. The van der Waals surface area contributed by atoms with Gasteiger partial charge in [0.15, 0.2) is 0 Å². The average Bonchev–Trinajstić information content (AvgIpc) is 2.62. The van der Waals surface area contributed by atoms with E-state index in [1.165, 1.54) is 0 Å². The van der Waals surface area contributed by atoms with Crippen LogP contribution in [0.1, 0.15) is 30.8 Å². The molecule has 0 unspecified atom stereocenters. The minimum absolute atomic E-state index is 0.0165. The summed E-state index contributed by atoms with van der Waals surface area (Å²) >= 11 is 0. The molecule has 1 heterocycles. The first-order chi connectivity index (χ1) is 12.5. The number of nitrogens with zero attached hydrogens (tertiary/aromatic N) is 1. The van der Waals surface area contributed by atoms with Gasteiger partial charge in [-0.05, 0) is 42.3 Å². The maximum absolute atomic E-state index is 12.4. The van der Waals surface area contributed by atoms with Gasteiger partial charge in [-0.25, -0.2) is 4.98 Å². The number of rotatable bonds is 5. The van der Waals surface area contributed by atoms with Crippen LogP contribution in [0.2, 0.25) is 0 Å². The maximum Gasteiger partial charge on any atom is 0.274 e. The molecule has 0 spiro atoms. The lowest BCUT2D eigenvalue weighted by atomic mass is 10.1. The van der Waals surface area contributed by atoms with E-state index < -0.39 is 0 Å². The number of hydrogen-bond acceptors (Lipinski definition) is 3. The Morgan fingerprint density at radius 1 is 0.885 bits per heavy atom. The summed E-state index contributed by atoms with van der Waals surface area (Å²) in [4.78, 5) is 28.6. The molecule has 5 nitrogen and oxygen atoms in total. The van der Waals surface area contributed by atoms with Crippen molar-refractivity contribution >= 4 is 34.1 Å². The van der Waals surface area contributed by atoms with Crippen molar-refractivity contribution in [1.82, 2.24) is 4.98 Å². The molecule has 2 N–H and O–H groups in total. The number of fused-ring (bicyclic) bond motifs is 1. The number of amides is 2. The molecule has 0 saturated heterocycles. The van der Waals surface area contributed by atoms with Crippen LogP contribution in [0, 0.1) is 5.92 Å². The zero-order chi connectivity index (χ0) is 18.5. The minimum atomic E-state index is -0.271. The molecule has 0 aliphatic heterocycles. The molecule has 3 aromatic rings. The smallest absolute Gasteiger partial charge is 0.274 e. The highest BCUT2D eigenvalue weighted by Gasteiger charge is 2.09. The summed E-state index contributed by atoms with van der Waals surface area (Å²) in [5.74, 6) is 0.0208. The van der Waals surface area contributed by atoms with Crippen molar-refractivity contribution in [2.45, 2.75) is 20.3 Å². The van der Waals surface area contributed by atoms with E-state index in [4.69, 9.17) is 0 Å². The van der Waals surface area contributed by atoms with E-state index in [1.807, 2.05) is 44.2 Å². The first-order valence-corrected chi connectivity index (χ1v) is 8.58. The van der Waals surface area contributed by atoms with E-state index >= 15 is 0 Å². The molecule has 1 aromatic heterocycles. The van der Waals surface area contributed by atoms with Gasteiger partial charge in [-0.15, -0.1) is 0 Å². The molecule has 132 valence electrons. The van der Waals surface area contributed by atoms with E-state index in [9.17, 15) is 9.59 Å². The highest BCUT2D eigenvalue weighted by atomic mass is 16.2. The molecule has 26 heavy (non-hydrogen) atoms. The number of pyridine rings is 1. The second kappa shape index (κ2) is 7.78. The Hall–Kier alpha value is -3.21. The number of carbonyl (C=O) groups is 2. The number of carbonyl (C=O) groups excluding carboxylic acids is 2. The SMILES string of the molecule is CC(C)CC(=O)Nc1ccc(NC(=O)c2ccc3ccccc3n2)cc1. The van der Waals surface area contributed by atoms with E-state index in [0.29, 0.717) is 29.4 Å². The van der Waals surface area contributed by atoms with Crippen LogP contribution in [0.5, 0.6) is 0 Å². The first kappa shape index (κ1) is 17.6. The molecule has 0 bridgehead atoms. The topological polar surface area (TPSA) is 71.1 Å². The van der Waals surface area contributed by atoms with Crippen LogP contribution in [-0.2, 0) is 4.79 Å². The zero-order valence-corrected chi connectivity index (χ0v) is 14.8. The van der Waals surface area contributed by atoms with Crippen LogP contribution in [-0.4, -0.2) is 16.8 Å². The third-order valence-corrected chi connectivity index (χ3v) is 3.85. The van der Waals surface area contributed by atoms with Crippen molar-refractivity contribution in [2.24, 2.45) is 5.92 Å². The van der Waals surface area contributed by atoms with Crippen molar-refractivity contribution < 1.29 is 9.59 Å². The van der Waals surface area contributed by atoms with Gasteiger partial charge in [0.05, 0.1) is 5.52 Å². The van der Waals surface area contributed by atoms with Gasteiger partial charge in [0.2, 0.25) is 5.91 Å². The molecule has 0 atom stereocenters. The van der Waals surface area contributed by atoms with Crippen LogP contribution in [0.3, 0.4) is 0 Å². The number of hydrogen-bond donors (Lipinski definition) is 2. The van der Waals surface area contributed by atoms with E-state index in [0.717, 1.165) is 10.9 Å². The van der Waals surface area contributed by atoms with Gasteiger partial charge >= 0.3 is 0 Å². The third kappa shape index (κ3) is 4.45. The van der Waals surface area contributed by atoms with Crippen molar-refractivity contribution in [3.8, 4) is 0 Å². The van der Waals surface area contributed by atoms with Crippen LogP contribution in [0.25, 0.3) is 10.9 Å². The molecule has 2 aromatic carbocycles. The maximum atomic E-state index is 12.4. The fourth-order valence-corrected chi connectivity index (χ4v) is 2.61. The van der Waals surface area contributed by atoms with Crippen LogP contribution in [0.4, 0.5) is 11.4 Å². The summed E-state index contributed by atoms with van der Waals surface area (Å²) in [7, 11) is 0. The highest BCUT2D eigenvalue weighted by molar-refractivity contribution is 6.04. The Morgan fingerprint density at radius 3 is 2.23 bits per heavy atom. The van der Waals surface area contributed by atoms with Gasteiger partial charge in [-0.3, -0.25) is 9.59 Å². The summed E-state index contributed by atoms with van der Waals surface area (Å²) in [6, 6.07) is 18.3. The summed E-state index contributed by atoms with van der Waals surface area (Å²) < 4.78 is 0. The quantitative estimate of drug-likeness (QED) is 0.715. The zero-order valence-electron chi connectivity index (χ0n) is 14.8. The molecule has 0 aliphatic carbocycles. The monoisotopic (exact) mass is 347 g/mol. The predicted octanol–water partition coefficient (Wildman–Crippen LogP) is 4.47. The molecule has 0 saturated carbocycles. The molecular weight excluding hydrogens is 326 g/mol. The van der Waals surface area contributed by atoms with Crippen molar-refractivity contribution in [1.29, 1.82) is 0 Å². The Balaban J connectivity index is 1.66. The van der Waals surface area contributed by atoms with E-state index in [-0.39, 0.29) is 11.8 Å². The largest absolute Gasteiger partial charge is 0.326 e. The second-order valence-electron chi connectivity index (χ2n) is 6.57. The molecule has 0 fully saturated rings. The number of para-hydroxylation sites is 1.